The monoisotopic (exact) mass is 391 g/mol. The van der Waals surface area contributed by atoms with E-state index < -0.39 is 5.91 Å². The van der Waals surface area contributed by atoms with Crippen molar-refractivity contribution in [1.29, 1.82) is 0 Å². The zero-order valence-electron chi connectivity index (χ0n) is 16.4. The van der Waals surface area contributed by atoms with E-state index in [1.54, 1.807) is 18.2 Å². The molecule has 0 spiro atoms. The Hall–Kier alpha value is -3.87. The number of anilines is 2. The quantitative estimate of drug-likeness (QED) is 0.665. The molecule has 0 aliphatic heterocycles. The van der Waals surface area contributed by atoms with Gasteiger partial charge in [0.05, 0.1) is 25.3 Å². The van der Waals surface area contributed by atoms with E-state index in [2.05, 4.69) is 15.6 Å². The number of pyridine rings is 1. The molecule has 29 heavy (non-hydrogen) atoms. The number of hydrogen-bond acceptors (Lipinski definition) is 5. The van der Waals surface area contributed by atoms with Crippen LogP contribution in [0.2, 0.25) is 0 Å². The molecule has 0 unspecified atom stereocenters. The number of nitrogens with one attached hydrogen (secondary N) is 2. The zero-order valence-corrected chi connectivity index (χ0v) is 16.4. The Morgan fingerprint density at radius 1 is 0.828 bits per heavy atom. The van der Waals surface area contributed by atoms with Crippen LogP contribution in [0.4, 0.5) is 11.4 Å². The maximum Gasteiger partial charge on any atom is 0.257 e. The van der Waals surface area contributed by atoms with Crippen LogP contribution in [0.3, 0.4) is 0 Å². The molecule has 148 valence electrons. The summed E-state index contributed by atoms with van der Waals surface area (Å²) in [6, 6.07) is 14.0. The van der Waals surface area contributed by atoms with Gasteiger partial charge in [0.1, 0.15) is 0 Å². The lowest BCUT2D eigenvalue weighted by Gasteiger charge is -2.11. The number of para-hydroxylation sites is 1. The van der Waals surface area contributed by atoms with Crippen LogP contribution >= 0.6 is 0 Å². The Labute approximate surface area is 168 Å². The average molecular weight is 391 g/mol. The number of aryl methyl sites for hydroxylation is 1. The van der Waals surface area contributed by atoms with Crippen LogP contribution in [0.5, 0.6) is 11.5 Å². The van der Waals surface area contributed by atoms with Crippen molar-refractivity contribution in [3.63, 3.8) is 0 Å². The van der Waals surface area contributed by atoms with E-state index in [1.165, 1.54) is 32.7 Å². The van der Waals surface area contributed by atoms with E-state index in [-0.39, 0.29) is 17.0 Å². The van der Waals surface area contributed by atoms with Crippen LogP contribution < -0.4 is 20.1 Å². The lowest BCUT2D eigenvalue weighted by Crippen LogP contribution is -2.16. The number of carbonyl (C=O) groups is 2. The summed E-state index contributed by atoms with van der Waals surface area (Å²) in [5, 5.41) is 5.59. The van der Waals surface area contributed by atoms with Crippen molar-refractivity contribution in [2.45, 2.75) is 6.92 Å². The number of amides is 2. The molecule has 7 heteroatoms. The third-order valence-corrected chi connectivity index (χ3v) is 4.30. The maximum absolute atomic E-state index is 12.6. The van der Waals surface area contributed by atoms with Gasteiger partial charge in [0, 0.05) is 29.8 Å². The summed E-state index contributed by atoms with van der Waals surface area (Å²) in [7, 11) is 3.05. The molecule has 0 fully saturated rings. The highest BCUT2D eigenvalue weighted by Crippen LogP contribution is 2.29. The summed E-state index contributed by atoms with van der Waals surface area (Å²) >= 11 is 0. The van der Waals surface area contributed by atoms with Crippen LogP contribution in [0, 0.1) is 6.92 Å². The van der Waals surface area contributed by atoms with E-state index in [0.717, 1.165) is 5.56 Å². The average Bonchev–Trinajstić information content (AvgIpc) is 2.75. The number of aromatic nitrogens is 1. The Kier molecular flexibility index (Phi) is 6.09. The second kappa shape index (κ2) is 8.88. The van der Waals surface area contributed by atoms with E-state index >= 15 is 0 Å². The molecule has 0 aliphatic rings. The second-order valence-corrected chi connectivity index (χ2v) is 6.26. The highest BCUT2D eigenvalue weighted by molar-refractivity contribution is 6.08. The van der Waals surface area contributed by atoms with Gasteiger partial charge in [0.2, 0.25) is 0 Å². The van der Waals surface area contributed by atoms with Gasteiger partial charge in [-0.25, -0.2) is 0 Å². The molecule has 0 bridgehead atoms. The molecule has 3 aromatic rings. The first kappa shape index (κ1) is 19.9. The van der Waals surface area contributed by atoms with Gasteiger partial charge < -0.3 is 20.1 Å². The van der Waals surface area contributed by atoms with E-state index in [4.69, 9.17) is 9.47 Å². The summed E-state index contributed by atoms with van der Waals surface area (Å²) in [6.45, 7) is 1.90. The van der Waals surface area contributed by atoms with Gasteiger partial charge >= 0.3 is 0 Å². The SMILES string of the molecule is COc1ccc(NC(=O)c2cncc(C(=O)Nc3ccccc3C)c2)cc1OC. The third-order valence-electron chi connectivity index (χ3n) is 4.30. The van der Waals surface area contributed by atoms with Gasteiger partial charge in [-0.15, -0.1) is 0 Å². The van der Waals surface area contributed by atoms with Crippen LogP contribution in [-0.2, 0) is 0 Å². The summed E-state index contributed by atoms with van der Waals surface area (Å²) in [5.74, 6) is 0.319. The van der Waals surface area contributed by atoms with Crippen LogP contribution in [-0.4, -0.2) is 31.0 Å². The molecule has 1 heterocycles. The first-order valence-electron chi connectivity index (χ1n) is 8.87. The van der Waals surface area contributed by atoms with Crippen LogP contribution in [0.25, 0.3) is 0 Å². The molecule has 1 aromatic heterocycles. The van der Waals surface area contributed by atoms with Crippen molar-refractivity contribution in [1.82, 2.24) is 4.98 Å². The van der Waals surface area contributed by atoms with Crippen molar-refractivity contribution in [2.24, 2.45) is 0 Å². The van der Waals surface area contributed by atoms with Crippen molar-refractivity contribution < 1.29 is 19.1 Å². The van der Waals surface area contributed by atoms with E-state index in [1.807, 2.05) is 31.2 Å². The molecule has 2 aromatic carbocycles. The molecule has 0 atom stereocenters. The molecular formula is C22H21N3O4. The highest BCUT2D eigenvalue weighted by Gasteiger charge is 2.14. The lowest BCUT2D eigenvalue weighted by molar-refractivity contribution is 0.102. The van der Waals surface area contributed by atoms with Gasteiger partial charge in [0.15, 0.2) is 11.5 Å². The fourth-order valence-electron chi connectivity index (χ4n) is 2.71. The topological polar surface area (TPSA) is 89.5 Å². The van der Waals surface area contributed by atoms with Gasteiger partial charge in [-0.3, -0.25) is 14.6 Å². The summed E-state index contributed by atoms with van der Waals surface area (Å²) in [4.78, 5) is 29.2. The number of rotatable bonds is 6. The van der Waals surface area contributed by atoms with Crippen LogP contribution in [0.15, 0.2) is 60.9 Å². The predicted octanol–water partition coefficient (Wildman–Crippen LogP) is 3.91. The fraction of sp³-hybridized carbons (Fsp3) is 0.136. The Bertz CT molecular complexity index is 1050. The predicted molar refractivity (Wildman–Crippen MR) is 111 cm³/mol. The maximum atomic E-state index is 12.6. The Balaban J connectivity index is 1.76. The van der Waals surface area contributed by atoms with Crippen LogP contribution in [0.1, 0.15) is 26.3 Å². The molecule has 0 radical (unpaired) electrons. The Morgan fingerprint density at radius 3 is 2.14 bits per heavy atom. The van der Waals surface area contributed by atoms with Crippen molar-refractivity contribution >= 4 is 23.2 Å². The lowest BCUT2D eigenvalue weighted by atomic mass is 10.1. The molecule has 0 saturated carbocycles. The Morgan fingerprint density at radius 2 is 1.48 bits per heavy atom. The number of hydrogen-bond donors (Lipinski definition) is 2. The molecule has 2 amide bonds. The van der Waals surface area contributed by atoms with Gasteiger partial charge in [-0.05, 0) is 36.8 Å². The first-order chi connectivity index (χ1) is 14.0. The number of ether oxygens (including phenoxy) is 2. The fourth-order valence-corrected chi connectivity index (χ4v) is 2.71. The number of nitrogens with zero attached hydrogens (tertiary/aromatic N) is 1. The summed E-state index contributed by atoms with van der Waals surface area (Å²) in [6.07, 6.45) is 2.82. The second-order valence-electron chi connectivity index (χ2n) is 6.26. The third kappa shape index (κ3) is 4.70. The summed E-state index contributed by atoms with van der Waals surface area (Å²) < 4.78 is 10.4. The minimum atomic E-state index is -0.393. The zero-order chi connectivity index (χ0) is 20.8. The van der Waals surface area contributed by atoms with Crippen molar-refractivity contribution in [3.05, 3.63) is 77.6 Å². The molecule has 3 rings (SSSR count). The smallest absolute Gasteiger partial charge is 0.257 e. The molecule has 7 nitrogen and oxygen atoms in total. The number of carbonyl (C=O) groups excluding carboxylic acids is 2. The summed E-state index contributed by atoms with van der Waals surface area (Å²) in [5.41, 5.74) is 2.72. The van der Waals surface area contributed by atoms with Crippen molar-refractivity contribution in [2.75, 3.05) is 24.9 Å². The number of methoxy groups -OCH3 is 2. The largest absolute Gasteiger partial charge is 0.493 e. The highest BCUT2D eigenvalue weighted by atomic mass is 16.5. The number of benzene rings is 2. The standard InChI is InChI=1S/C22H21N3O4/c1-14-6-4-5-7-18(14)25-22(27)16-10-15(12-23-13-16)21(26)24-17-8-9-19(28-2)20(11-17)29-3/h4-13H,1-3H3,(H,24,26)(H,25,27). The van der Waals surface area contributed by atoms with Crippen molar-refractivity contribution in [3.8, 4) is 11.5 Å². The molecular weight excluding hydrogens is 370 g/mol. The van der Waals surface area contributed by atoms with Gasteiger partial charge in [0.25, 0.3) is 11.8 Å². The molecule has 0 aliphatic carbocycles. The molecule has 0 saturated heterocycles. The van der Waals surface area contributed by atoms with E-state index in [9.17, 15) is 9.59 Å². The minimum Gasteiger partial charge on any atom is -0.493 e. The first-order valence-corrected chi connectivity index (χ1v) is 8.87. The normalized spacial score (nSPS) is 10.2. The minimum absolute atomic E-state index is 0.261. The molecule has 2 N–H and O–H groups in total. The van der Waals surface area contributed by atoms with E-state index in [0.29, 0.717) is 22.9 Å². The van der Waals surface area contributed by atoms with Gasteiger partial charge in [-0.2, -0.15) is 0 Å². The van der Waals surface area contributed by atoms with Gasteiger partial charge in [-0.1, -0.05) is 18.2 Å².